The van der Waals surface area contributed by atoms with E-state index in [9.17, 15) is 14.3 Å². The van der Waals surface area contributed by atoms with Gasteiger partial charge in [-0.1, -0.05) is 164 Å². The number of hydrogen-bond acceptors (Lipinski definition) is 7. The number of nitrogens with two attached hydrogens (primary N) is 1. The van der Waals surface area contributed by atoms with E-state index < -0.39 is 13.9 Å². The smallest absolute Gasteiger partial charge is 0.457 e. The van der Waals surface area contributed by atoms with Crippen LogP contribution in [0.4, 0.5) is 0 Å². The number of ether oxygens (including phenoxy) is 2. The van der Waals surface area contributed by atoms with Crippen LogP contribution >= 0.6 is 7.82 Å². The second-order valence-electron chi connectivity index (χ2n) is 13.5. The fraction of sp³-hybridized carbons (Fsp3) is 0.744. The third kappa shape index (κ3) is 39.4. The zero-order valence-corrected chi connectivity index (χ0v) is 34.2. The van der Waals surface area contributed by atoms with Crippen LogP contribution in [-0.4, -0.2) is 49.9 Å². The number of rotatable bonds is 39. The number of esters is 1. The molecule has 0 spiro atoms. The molecule has 0 bridgehead atoms. The monoisotopic (exact) mass is 752 g/mol. The zero-order valence-electron chi connectivity index (χ0n) is 33.3. The number of hydrogen-bond donors (Lipinski definition) is 2. The molecule has 0 aromatic heterocycles. The van der Waals surface area contributed by atoms with Gasteiger partial charge in [-0.3, -0.25) is 13.8 Å². The molecule has 2 atom stereocenters. The Balaban J connectivity index is 4.14. The van der Waals surface area contributed by atoms with Crippen LogP contribution in [0, 0.1) is 0 Å². The molecule has 2 unspecified atom stereocenters. The fourth-order valence-electron chi connectivity index (χ4n) is 5.43. The molecule has 0 aromatic carbocycles. The third-order valence-corrected chi connectivity index (χ3v) is 9.43. The molecule has 0 aliphatic carbocycles. The maximum absolute atomic E-state index is 12.6. The molecule has 302 valence electrons. The Morgan fingerprint density at radius 1 is 0.596 bits per heavy atom. The Bertz CT molecular complexity index is 979. The second kappa shape index (κ2) is 40.4. The molecule has 3 N–H and O–H groups in total. The van der Waals surface area contributed by atoms with Crippen molar-refractivity contribution in [3.63, 3.8) is 0 Å². The van der Waals surface area contributed by atoms with Gasteiger partial charge in [0.05, 0.1) is 19.8 Å². The summed E-state index contributed by atoms with van der Waals surface area (Å²) in [6, 6.07) is 0. The van der Waals surface area contributed by atoms with Crippen molar-refractivity contribution < 1.29 is 32.8 Å². The highest BCUT2D eigenvalue weighted by atomic mass is 31.2. The van der Waals surface area contributed by atoms with Gasteiger partial charge in [0, 0.05) is 19.6 Å². The van der Waals surface area contributed by atoms with Crippen LogP contribution in [0.15, 0.2) is 60.8 Å². The summed E-state index contributed by atoms with van der Waals surface area (Å²) in [5, 5.41) is 0. The predicted molar refractivity (Wildman–Crippen MR) is 219 cm³/mol. The molecule has 9 heteroatoms. The first kappa shape index (κ1) is 50.2. The molecule has 0 heterocycles. The van der Waals surface area contributed by atoms with Gasteiger partial charge in [0.2, 0.25) is 0 Å². The first-order valence-corrected chi connectivity index (χ1v) is 22.3. The number of allylic oxidation sites excluding steroid dienone is 10. The summed E-state index contributed by atoms with van der Waals surface area (Å²) in [4.78, 5) is 22.4. The normalized spacial score (nSPS) is 14.2. The molecule has 0 amide bonds. The summed E-state index contributed by atoms with van der Waals surface area (Å²) < 4.78 is 33.3. The minimum Gasteiger partial charge on any atom is -0.457 e. The van der Waals surface area contributed by atoms with E-state index in [-0.39, 0.29) is 32.3 Å². The van der Waals surface area contributed by atoms with Gasteiger partial charge in [0.25, 0.3) is 0 Å². The molecule has 0 radical (unpaired) electrons. The summed E-state index contributed by atoms with van der Waals surface area (Å²) in [6.45, 7) is 4.69. The molecular weight excluding hydrogens is 673 g/mol. The average Bonchev–Trinajstić information content (AvgIpc) is 3.13. The number of phosphoric acid groups is 1. The van der Waals surface area contributed by atoms with Gasteiger partial charge >= 0.3 is 13.8 Å². The molecule has 0 aliphatic heterocycles. The largest absolute Gasteiger partial charge is 0.472 e. The SMILES string of the molecule is CC/C=C\C/C=C\C/C=C\C/C=C\C/C=C\CCCCOCC(COP(=O)(O)OCCN)OC(=O)CCCCCCCCCCCCCCCCC. The van der Waals surface area contributed by atoms with Gasteiger partial charge in [0.1, 0.15) is 6.10 Å². The van der Waals surface area contributed by atoms with E-state index in [1.807, 2.05) is 0 Å². The predicted octanol–water partition coefficient (Wildman–Crippen LogP) is 12.2. The standard InChI is InChI=1S/C43H78NO7P/c1-3-5-7-9-11-13-15-17-19-20-21-23-25-27-29-31-33-35-38-48-40-42(41-50-52(46,47)49-39-37-44)51-43(45)36-34-32-30-28-26-24-22-18-16-14-12-10-8-6-4-2/h5,7,11,13,17,19,21,23,27,29,42H,3-4,6,8-10,12,14-16,18,20,22,24-26,28,30-41,44H2,1-2H3,(H,46,47)/b7-5-,13-11-,19-17-,23-21-,29-27-. The van der Waals surface area contributed by atoms with Crippen molar-refractivity contribution in [3.8, 4) is 0 Å². The van der Waals surface area contributed by atoms with Crippen LogP contribution in [0.5, 0.6) is 0 Å². The summed E-state index contributed by atoms with van der Waals surface area (Å²) in [5.41, 5.74) is 5.36. The lowest BCUT2D eigenvalue weighted by Gasteiger charge is -2.20. The van der Waals surface area contributed by atoms with Crippen LogP contribution in [-0.2, 0) is 27.9 Å². The van der Waals surface area contributed by atoms with E-state index in [1.54, 1.807) is 0 Å². The average molecular weight is 752 g/mol. The van der Waals surface area contributed by atoms with Gasteiger partial charge in [0.15, 0.2) is 0 Å². The van der Waals surface area contributed by atoms with Crippen LogP contribution in [0.2, 0.25) is 0 Å². The van der Waals surface area contributed by atoms with Gasteiger partial charge in [-0.15, -0.1) is 0 Å². The van der Waals surface area contributed by atoms with Crippen LogP contribution in [0.3, 0.4) is 0 Å². The Morgan fingerprint density at radius 3 is 1.58 bits per heavy atom. The third-order valence-electron chi connectivity index (χ3n) is 8.45. The van der Waals surface area contributed by atoms with Crippen LogP contribution in [0.25, 0.3) is 0 Å². The van der Waals surface area contributed by atoms with Crippen molar-refractivity contribution in [2.24, 2.45) is 5.73 Å². The van der Waals surface area contributed by atoms with E-state index in [1.165, 1.54) is 77.0 Å². The molecule has 0 aliphatic rings. The highest BCUT2D eigenvalue weighted by molar-refractivity contribution is 7.47. The van der Waals surface area contributed by atoms with E-state index >= 15 is 0 Å². The first-order valence-electron chi connectivity index (χ1n) is 20.8. The lowest BCUT2D eigenvalue weighted by molar-refractivity contribution is -0.154. The molecule has 8 nitrogen and oxygen atoms in total. The van der Waals surface area contributed by atoms with Crippen molar-refractivity contribution in [2.45, 2.75) is 174 Å². The Hall–Kier alpha value is -1.80. The maximum atomic E-state index is 12.6. The van der Waals surface area contributed by atoms with E-state index in [0.717, 1.165) is 70.6 Å². The summed E-state index contributed by atoms with van der Waals surface area (Å²) in [6.07, 6.45) is 48.1. The molecule has 0 saturated carbocycles. The minimum absolute atomic E-state index is 0.0865. The van der Waals surface area contributed by atoms with Gasteiger partial charge in [-0.25, -0.2) is 4.57 Å². The van der Waals surface area contributed by atoms with Crippen molar-refractivity contribution in [1.82, 2.24) is 0 Å². The second-order valence-corrected chi connectivity index (χ2v) is 14.9. The number of carbonyl (C=O) groups is 1. The number of unbranched alkanes of at least 4 members (excludes halogenated alkanes) is 16. The molecule has 0 saturated heterocycles. The topological polar surface area (TPSA) is 117 Å². The number of phosphoric ester groups is 1. The first-order chi connectivity index (χ1) is 25.4. The number of carbonyl (C=O) groups excluding carboxylic acids is 1. The summed E-state index contributed by atoms with van der Waals surface area (Å²) in [7, 11) is -4.29. The van der Waals surface area contributed by atoms with Crippen molar-refractivity contribution in [3.05, 3.63) is 60.8 Å². The van der Waals surface area contributed by atoms with E-state index in [0.29, 0.717) is 13.0 Å². The van der Waals surface area contributed by atoms with Crippen LogP contribution < -0.4 is 5.73 Å². The summed E-state index contributed by atoms with van der Waals surface area (Å²) in [5.74, 6) is -0.346. The Morgan fingerprint density at radius 2 is 1.08 bits per heavy atom. The lowest BCUT2D eigenvalue weighted by atomic mass is 10.0. The molecule has 0 fully saturated rings. The maximum Gasteiger partial charge on any atom is 0.472 e. The highest BCUT2D eigenvalue weighted by Gasteiger charge is 2.25. The van der Waals surface area contributed by atoms with Gasteiger partial charge in [-0.05, 0) is 57.8 Å². The highest BCUT2D eigenvalue weighted by Crippen LogP contribution is 2.43. The van der Waals surface area contributed by atoms with E-state index in [4.69, 9.17) is 24.3 Å². The minimum atomic E-state index is -4.29. The van der Waals surface area contributed by atoms with Gasteiger partial charge < -0.3 is 20.1 Å². The van der Waals surface area contributed by atoms with Crippen molar-refractivity contribution in [2.75, 3.05) is 33.0 Å². The lowest BCUT2D eigenvalue weighted by Crippen LogP contribution is -2.28. The molecule has 0 rings (SSSR count). The van der Waals surface area contributed by atoms with Crippen molar-refractivity contribution in [1.29, 1.82) is 0 Å². The van der Waals surface area contributed by atoms with Crippen LogP contribution in [0.1, 0.15) is 168 Å². The Kier molecular flexibility index (Phi) is 39.0. The van der Waals surface area contributed by atoms with Crippen molar-refractivity contribution >= 4 is 13.8 Å². The molecular formula is C43H78NO7P. The Labute approximate surface area is 319 Å². The quantitative estimate of drug-likeness (QED) is 0.0276. The van der Waals surface area contributed by atoms with Gasteiger partial charge in [-0.2, -0.15) is 0 Å². The summed E-state index contributed by atoms with van der Waals surface area (Å²) >= 11 is 0. The molecule has 0 aromatic rings. The fourth-order valence-corrected chi connectivity index (χ4v) is 6.20. The zero-order chi connectivity index (χ0) is 38.1. The van der Waals surface area contributed by atoms with E-state index in [2.05, 4.69) is 74.6 Å². The molecule has 52 heavy (non-hydrogen) atoms.